The quantitative estimate of drug-likeness (QED) is 0.859. The van der Waals surface area contributed by atoms with Crippen molar-refractivity contribution >= 4 is 15.9 Å². The highest BCUT2D eigenvalue weighted by Crippen LogP contribution is 2.04. The molecule has 2 aromatic rings. The molecule has 6 heteroatoms. The highest BCUT2D eigenvalue weighted by atomic mass is 79.9. The molecule has 0 amide bonds. The molecule has 2 aromatic heterocycles. The van der Waals surface area contributed by atoms with E-state index in [0.29, 0.717) is 29.2 Å². The average Bonchev–Trinajstić information content (AvgIpc) is 2.73. The van der Waals surface area contributed by atoms with Gasteiger partial charge in [0.2, 0.25) is 11.8 Å². The number of hydrogen-bond acceptors (Lipinski definition) is 4. The van der Waals surface area contributed by atoms with Crippen LogP contribution >= 0.6 is 15.9 Å². The van der Waals surface area contributed by atoms with Crippen molar-refractivity contribution in [3.63, 3.8) is 0 Å². The fraction of sp³-hybridized carbons (Fsp3) is 0.300. The minimum Gasteiger partial charge on any atom is -0.423 e. The monoisotopic (exact) mass is 283 g/mol. The molecule has 0 saturated carbocycles. The minimum absolute atomic E-state index is 0.112. The third-order valence-electron chi connectivity index (χ3n) is 2.09. The summed E-state index contributed by atoms with van der Waals surface area (Å²) in [6.45, 7) is 2.23. The molecule has 0 atom stereocenters. The summed E-state index contributed by atoms with van der Waals surface area (Å²) in [5, 5.41) is 7.70. The van der Waals surface area contributed by atoms with Gasteiger partial charge in [-0.3, -0.25) is 4.79 Å². The van der Waals surface area contributed by atoms with Gasteiger partial charge in [0.15, 0.2) is 0 Å². The van der Waals surface area contributed by atoms with Crippen LogP contribution in [-0.4, -0.2) is 14.8 Å². The number of nitrogens with zero attached hydrogens (tertiary/aromatic N) is 3. The summed E-state index contributed by atoms with van der Waals surface area (Å²) >= 11 is 3.18. The topological polar surface area (TPSA) is 60.9 Å². The molecule has 0 N–H and O–H groups in total. The Balaban J connectivity index is 2.27. The highest BCUT2D eigenvalue weighted by molar-refractivity contribution is 9.10. The third kappa shape index (κ3) is 2.21. The van der Waals surface area contributed by atoms with Gasteiger partial charge in [0, 0.05) is 12.6 Å². The maximum Gasteiger partial charge on any atom is 0.265 e. The van der Waals surface area contributed by atoms with Gasteiger partial charge in [-0.1, -0.05) is 6.92 Å². The first-order chi connectivity index (χ1) is 7.70. The molecule has 0 aromatic carbocycles. The van der Waals surface area contributed by atoms with Crippen molar-refractivity contribution in [3.05, 3.63) is 44.9 Å². The highest BCUT2D eigenvalue weighted by Gasteiger charge is 2.07. The summed E-state index contributed by atoms with van der Waals surface area (Å²) < 4.78 is 7.36. The van der Waals surface area contributed by atoms with E-state index in [1.165, 1.54) is 4.57 Å². The van der Waals surface area contributed by atoms with Crippen LogP contribution in [0.25, 0.3) is 0 Å². The van der Waals surface area contributed by atoms with Crippen LogP contribution in [0, 0.1) is 0 Å². The lowest BCUT2D eigenvalue weighted by Crippen LogP contribution is -2.20. The van der Waals surface area contributed by atoms with Crippen molar-refractivity contribution in [1.29, 1.82) is 0 Å². The molecular weight excluding hydrogens is 274 g/mol. The smallest absolute Gasteiger partial charge is 0.265 e. The summed E-state index contributed by atoms with van der Waals surface area (Å²) in [6, 6.07) is 3.48. The van der Waals surface area contributed by atoms with Crippen LogP contribution < -0.4 is 5.56 Å². The van der Waals surface area contributed by atoms with Crippen molar-refractivity contribution in [2.75, 3.05) is 0 Å². The van der Waals surface area contributed by atoms with E-state index in [0.717, 1.165) is 0 Å². The van der Waals surface area contributed by atoms with Crippen LogP contribution in [-0.2, 0) is 13.0 Å². The molecule has 0 bridgehead atoms. The Morgan fingerprint density at radius 1 is 1.44 bits per heavy atom. The summed E-state index contributed by atoms with van der Waals surface area (Å²) in [6.07, 6.45) is 2.38. The number of rotatable bonds is 3. The van der Waals surface area contributed by atoms with Crippen LogP contribution in [0.3, 0.4) is 0 Å². The summed E-state index contributed by atoms with van der Waals surface area (Å²) in [7, 11) is 0. The molecule has 2 heterocycles. The van der Waals surface area contributed by atoms with Crippen LogP contribution in [0.4, 0.5) is 0 Å². The lowest BCUT2D eigenvalue weighted by atomic mass is 10.4. The Kier molecular flexibility index (Phi) is 3.19. The number of aryl methyl sites for hydroxylation is 1. The molecule has 0 spiro atoms. The molecule has 0 aliphatic carbocycles. The second-order valence-corrected chi connectivity index (χ2v) is 4.09. The van der Waals surface area contributed by atoms with Gasteiger partial charge in [0.25, 0.3) is 5.56 Å². The number of pyridine rings is 1. The molecule has 5 nitrogen and oxygen atoms in total. The average molecular weight is 284 g/mol. The van der Waals surface area contributed by atoms with Crippen molar-refractivity contribution < 1.29 is 4.42 Å². The van der Waals surface area contributed by atoms with E-state index >= 15 is 0 Å². The van der Waals surface area contributed by atoms with Gasteiger partial charge >= 0.3 is 0 Å². The molecule has 0 fully saturated rings. The van der Waals surface area contributed by atoms with Crippen LogP contribution in [0.2, 0.25) is 0 Å². The molecule has 2 rings (SSSR count). The second-order valence-electron chi connectivity index (χ2n) is 3.23. The van der Waals surface area contributed by atoms with Gasteiger partial charge in [0.1, 0.15) is 6.54 Å². The SMILES string of the molecule is CCc1nnc(Cn2cccc(Br)c2=O)o1. The fourth-order valence-electron chi connectivity index (χ4n) is 1.27. The van der Waals surface area contributed by atoms with Gasteiger partial charge in [-0.15, -0.1) is 10.2 Å². The van der Waals surface area contributed by atoms with Crippen molar-refractivity contribution in [2.45, 2.75) is 19.9 Å². The van der Waals surface area contributed by atoms with Crippen molar-refractivity contribution in [3.8, 4) is 0 Å². The van der Waals surface area contributed by atoms with Crippen molar-refractivity contribution in [2.24, 2.45) is 0 Å². The largest absolute Gasteiger partial charge is 0.423 e. The lowest BCUT2D eigenvalue weighted by Gasteiger charge is -2.01. The fourth-order valence-corrected chi connectivity index (χ4v) is 1.65. The lowest BCUT2D eigenvalue weighted by molar-refractivity contribution is 0.439. The Hall–Kier alpha value is -1.43. The molecule has 0 radical (unpaired) electrons. The Morgan fingerprint density at radius 2 is 2.19 bits per heavy atom. The van der Waals surface area contributed by atoms with E-state index in [-0.39, 0.29) is 5.56 Å². The maximum atomic E-state index is 11.7. The zero-order valence-corrected chi connectivity index (χ0v) is 10.3. The standard InChI is InChI=1S/C10H10BrN3O2/c1-2-8-12-13-9(16-8)6-14-5-3-4-7(11)10(14)15/h3-5H,2,6H2,1H3. The van der Waals surface area contributed by atoms with Crippen LogP contribution in [0.15, 0.2) is 32.0 Å². The second kappa shape index (κ2) is 4.61. The third-order valence-corrected chi connectivity index (χ3v) is 2.69. The molecule has 84 valence electrons. The van der Waals surface area contributed by atoms with Crippen molar-refractivity contribution in [1.82, 2.24) is 14.8 Å². The van der Waals surface area contributed by atoms with Gasteiger partial charge in [-0.2, -0.15) is 0 Å². The van der Waals surface area contributed by atoms with Gasteiger partial charge < -0.3 is 8.98 Å². The Morgan fingerprint density at radius 3 is 2.88 bits per heavy atom. The van der Waals surface area contributed by atoms with E-state index in [9.17, 15) is 4.79 Å². The molecular formula is C10H10BrN3O2. The minimum atomic E-state index is -0.112. The van der Waals surface area contributed by atoms with Gasteiger partial charge in [-0.05, 0) is 28.1 Å². The zero-order chi connectivity index (χ0) is 11.5. The Labute approximate surface area is 100 Å². The van der Waals surface area contributed by atoms with E-state index in [1.54, 1.807) is 18.3 Å². The molecule has 0 unspecified atom stereocenters. The first-order valence-corrected chi connectivity index (χ1v) is 5.66. The predicted molar refractivity (Wildman–Crippen MR) is 61.2 cm³/mol. The van der Waals surface area contributed by atoms with E-state index in [4.69, 9.17) is 4.42 Å². The first-order valence-electron chi connectivity index (χ1n) is 4.87. The van der Waals surface area contributed by atoms with E-state index < -0.39 is 0 Å². The molecule has 16 heavy (non-hydrogen) atoms. The number of aromatic nitrogens is 3. The van der Waals surface area contributed by atoms with Crippen LogP contribution in [0.1, 0.15) is 18.7 Å². The number of hydrogen-bond donors (Lipinski definition) is 0. The first kappa shape index (κ1) is 11.1. The summed E-state index contributed by atoms with van der Waals surface area (Å²) in [5.41, 5.74) is -0.112. The summed E-state index contributed by atoms with van der Waals surface area (Å²) in [4.78, 5) is 11.7. The summed E-state index contributed by atoms with van der Waals surface area (Å²) in [5.74, 6) is 1.02. The van der Waals surface area contributed by atoms with Crippen LogP contribution in [0.5, 0.6) is 0 Å². The van der Waals surface area contributed by atoms with Gasteiger partial charge in [-0.25, -0.2) is 0 Å². The normalized spacial score (nSPS) is 10.6. The zero-order valence-electron chi connectivity index (χ0n) is 8.68. The molecule has 0 aliphatic rings. The van der Waals surface area contributed by atoms with E-state index in [1.807, 2.05) is 6.92 Å². The molecule has 0 aliphatic heterocycles. The van der Waals surface area contributed by atoms with Gasteiger partial charge in [0.05, 0.1) is 4.47 Å². The van der Waals surface area contributed by atoms with E-state index in [2.05, 4.69) is 26.1 Å². The maximum absolute atomic E-state index is 11.7. The predicted octanol–water partition coefficient (Wildman–Crippen LogP) is 1.60. The Bertz CT molecular complexity index is 547. The molecule has 0 saturated heterocycles. The number of halogens is 1.